The third-order valence-electron chi connectivity index (χ3n) is 5.55. The summed E-state index contributed by atoms with van der Waals surface area (Å²) in [5.74, 6) is 1.20. The Hall–Kier alpha value is -2.77. The quantitative estimate of drug-likeness (QED) is 0.289. The number of amidine groups is 1. The van der Waals surface area contributed by atoms with Crippen LogP contribution in [0.2, 0.25) is 0 Å². The molecule has 1 aliphatic rings. The third kappa shape index (κ3) is 5.57. The fraction of sp³-hybridized carbons (Fsp3) is 0.286. The average Bonchev–Trinajstić information content (AvgIpc) is 3.12. The largest absolute Gasteiger partial charge is 0.493 e. The van der Waals surface area contributed by atoms with E-state index in [0.717, 1.165) is 20.8 Å². The van der Waals surface area contributed by atoms with Gasteiger partial charge in [0.1, 0.15) is 6.61 Å². The molecule has 0 atom stereocenters. The molecule has 1 heterocycles. The number of thioether (sulfide) groups is 1. The molecule has 0 bridgehead atoms. The highest BCUT2D eigenvalue weighted by Crippen LogP contribution is 2.39. The number of halogens is 1. The van der Waals surface area contributed by atoms with Crippen LogP contribution in [-0.4, -0.2) is 35.2 Å². The SMILES string of the molecule is COc1cc(/C=C2/SC(=NC(C)C)N(C(C)C)C2=O)c(Br)cc1OCc1cccc2ccccc12. The van der Waals surface area contributed by atoms with Crippen LogP contribution in [-0.2, 0) is 11.4 Å². The zero-order chi connectivity index (χ0) is 25.1. The van der Waals surface area contributed by atoms with Crippen LogP contribution in [0.15, 0.2) is 69.0 Å². The lowest BCUT2D eigenvalue weighted by atomic mass is 10.1. The smallest absolute Gasteiger partial charge is 0.266 e. The van der Waals surface area contributed by atoms with Crippen molar-refractivity contribution < 1.29 is 14.3 Å². The van der Waals surface area contributed by atoms with Crippen molar-refractivity contribution in [2.24, 2.45) is 4.99 Å². The number of benzene rings is 3. The molecule has 1 amide bonds. The van der Waals surface area contributed by atoms with Crippen LogP contribution in [0.25, 0.3) is 16.8 Å². The molecule has 0 radical (unpaired) electrons. The van der Waals surface area contributed by atoms with Gasteiger partial charge in [-0.15, -0.1) is 0 Å². The predicted octanol–water partition coefficient (Wildman–Crippen LogP) is 7.28. The first-order valence-corrected chi connectivity index (χ1v) is 13.2. The van der Waals surface area contributed by atoms with E-state index in [1.807, 2.05) is 64.1 Å². The normalized spacial score (nSPS) is 16.3. The van der Waals surface area contributed by atoms with Gasteiger partial charge in [-0.1, -0.05) is 58.4 Å². The number of fused-ring (bicyclic) bond motifs is 1. The van der Waals surface area contributed by atoms with Gasteiger partial charge in [0.2, 0.25) is 0 Å². The lowest BCUT2D eigenvalue weighted by molar-refractivity contribution is -0.123. The number of nitrogens with zero attached hydrogens (tertiary/aromatic N) is 2. The molecular formula is C28H29BrN2O3S. The van der Waals surface area contributed by atoms with Crippen molar-refractivity contribution in [1.82, 2.24) is 4.90 Å². The van der Waals surface area contributed by atoms with Crippen LogP contribution >= 0.6 is 27.7 Å². The summed E-state index contributed by atoms with van der Waals surface area (Å²) in [4.78, 5) is 20.2. The fourth-order valence-electron chi connectivity index (χ4n) is 3.90. The Labute approximate surface area is 219 Å². The molecule has 0 aliphatic carbocycles. The molecule has 1 aliphatic heterocycles. The lowest BCUT2D eigenvalue weighted by Crippen LogP contribution is -2.35. The number of carbonyl (C=O) groups is 1. The minimum atomic E-state index is -0.0356. The highest BCUT2D eigenvalue weighted by Gasteiger charge is 2.35. The second kappa shape index (κ2) is 10.9. The van der Waals surface area contributed by atoms with Crippen LogP contribution in [0.1, 0.15) is 38.8 Å². The van der Waals surface area contributed by atoms with Gasteiger partial charge in [0.25, 0.3) is 5.91 Å². The number of hydrogen-bond donors (Lipinski definition) is 0. The molecule has 5 nitrogen and oxygen atoms in total. The Morgan fingerprint density at radius 2 is 1.80 bits per heavy atom. The van der Waals surface area contributed by atoms with Crippen molar-refractivity contribution >= 4 is 55.6 Å². The van der Waals surface area contributed by atoms with Crippen LogP contribution in [0.5, 0.6) is 11.5 Å². The Balaban J connectivity index is 1.61. The molecule has 3 aromatic rings. The summed E-state index contributed by atoms with van der Waals surface area (Å²) in [6.07, 6.45) is 1.88. The van der Waals surface area contributed by atoms with Crippen LogP contribution < -0.4 is 9.47 Å². The Bertz CT molecular complexity index is 1310. The molecule has 0 N–H and O–H groups in total. The number of hydrogen-bond acceptors (Lipinski definition) is 5. The van der Waals surface area contributed by atoms with E-state index in [-0.39, 0.29) is 18.0 Å². The molecule has 1 saturated heterocycles. The van der Waals surface area contributed by atoms with Crippen LogP contribution in [0.3, 0.4) is 0 Å². The van der Waals surface area contributed by atoms with Gasteiger partial charge in [-0.3, -0.25) is 14.7 Å². The third-order valence-corrected chi connectivity index (χ3v) is 7.24. The van der Waals surface area contributed by atoms with Crippen LogP contribution in [0, 0.1) is 0 Å². The van der Waals surface area contributed by atoms with Gasteiger partial charge in [0.15, 0.2) is 16.7 Å². The summed E-state index contributed by atoms with van der Waals surface area (Å²) < 4.78 is 12.6. The van der Waals surface area contributed by atoms with E-state index in [0.29, 0.717) is 23.0 Å². The number of carbonyl (C=O) groups excluding carboxylic acids is 1. The van der Waals surface area contributed by atoms with Crippen molar-refractivity contribution in [2.75, 3.05) is 7.11 Å². The van der Waals surface area contributed by atoms with E-state index in [9.17, 15) is 4.79 Å². The van der Waals surface area contributed by atoms with Crippen molar-refractivity contribution in [3.63, 3.8) is 0 Å². The highest BCUT2D eigenvalue weighted by atomic mass is 79.9. The van der Waals surface area contributed by atoms with E-state index in [1.165, 1.54) is 22.5 Å². The summed E-state index contributed by atoms with van der Waals surface area (Å²) in [6, 6.07) is 18.4. The van der Waals surface area contributed by atoms with Crippen molar-refractivity contribution in [2.45, 2.75) is 46.4 Å². The number of rotatable bonds is 7. The summed E-state index contributed by atoms with van der Waals surface area (Å²) >= 11 is 5.07. The van der Waals surface area contributed by atoms with Gasteiger partial charge >= 0.3 is 0 Å². The first kappa shape index (κ1) is 25.3. The van der Waals surface area contributed by atoms with Gasteiger partial charge in [-0.25, -0.2) is 0 Å². The van der Waals surface area contributed by atoms with Gasteiger partial charge < -0.3 is 9.47 Å². The fourth-order valence-corrected chi connectivity index (χ4v) is 5.56. The zero-order valence-electron chi connectivity index (χ0n) is 20.5. The number of ether oxygens (including phenoxy) is 2. The topological polar surface area (TPSA) is 51.1 Å². The number of aliphatic imine (C=N–C) groups is 1. The van der Waals surface area contributed by atoms with Crippen LogP contribution in [0.4, 0.5) is 0 Å². The first-order valence-electron chi connectivity index (χ1n) is 11.6. The van der Waals surface area contributed by atoms with Gasteiger partial charge in [-0.05, 0) is 79.6 Å². The van der Waals surface area contributed by atoms with Crippen molar-refractivity contribution in [3.8, 4) is 11.5 Å². The second-order valence-corrected chi connectivity index (χ2v) is 10.7. The number of methoxy groups -OCH3 is 1. The van der Waals surface area contributed by atoms with Gasteiger partial charge in [0, 0.05) is 16.6 Å². The molecule has 35 heavy (non-hydrogen) atoms. The Morgan fingerprint density at radius 1 is 1.06 bits per heavy atom. The van der Waals surface area contributed by atoms with Crippen molar-refractivity contribution in [3.05, 3.63) is 75.1 Å². The minimum Gasteiger partial charge on any atom is -0.493 e. The summed E-state index contributed by atoms with van der Waals surface area (Å²) in [6.45, 7) is 8.43. The predicted molar refractivity (Wildman–Crippen MR) is 149 cm³/mol. The summed E-state index contributed by atoms with van der Waals surface area (Å²) in [5, 5.41) is 3.09. The van der Waals surface area contributed by atoms with E-state index in [4.69, 9.17) is 9.47 Å². The monoisotopic (exact) mass is 552 g/mol. The maximum absolute atomic E-state index is 13.1. The lowest BCUT2D eigenvalue weighted by Gasteiger charge is -2.20. The zero-order valence-corrected chi connectivity index (χ0v) is 22.9. The molecular weight excluding hydrogens is 524 g/mol. The summed E-state index contributed by atoms with van der Waals surface area (Å²) in [5.41, 5.74) is 1.94. The second-order valence-electron chi connectivity index (χ2n) is 8.84. The van der Waals surface area contributed by atoms with E-state index in [1.54, 1.807) is 12.0 Å². The molecule has 0 aromatic heterocycles. The first-order chi connectivity index (χ1) is 16.8. The minimum absolute atomic E-state index is 0.0289. The molecule has 3 aromatic carbocycles. The van der Waals surface area contributed by atoms with Crippen molar-refractivity contribution in [1.29, 1.82) is 0 Å². The molecule has 0 unspecified atom stereocenters. The molecule has 4 rings (SSSR count). The Kier molecular flexibility index (Phi) is 7.87. The highest BCUT2D eigenvalue weighted by molar-refractivity contribution is 9.10. The van der Waals surface area contributed by atoms with Gasteiger partial charge in [0.05, 0.1) is 12.0 Å². The molecule has 0 spiro atoms. The number of amides is 1. The average molecular weight is 554 g/mol. The molecule has 0 saturated carbocycles. The van der Waals surface area contributed by atoms with E-state index in [2.05, 4.69) is 45.2 Å². The van der Waals surface area contributed by atoms with Gasteiger partial charge in [-0.2, -0.15) is 0 Å². The molecule has 7 heteroatoms. The summed E-state index contributed by atoms with van der Waals surface area (Å²) in [7, 11) is 1.62. The maximum atomic E-state index is 13.1. The standard InChI is InChI=1S/C28H29BrN2O3S/c1-17(2)30-28-31(18(3)4)27(32)26(35-28)14-21-13-24(33-5)25(15-23(21)29)34-16-20-11-8-10-19-9-6-7-12-22(19)20/h6-15,17-18H,16H2,1-5H3/b26-14+,30-28?. The Morgan fingerprint density at radius 3 is 2.51 bits per heavy atom. The van der Waals surface area contributed by atoms with E-state index < -0.39 is 0 Å². The molecule has 182 valence electrons. The van der Waals surface area contributed by atoms with E-state index >= 15 is 0 Å². The molecule has 1 fully saturated rings. The maximum Gasteiger partial charge on any atom is 0.266 e.